The van der Waals surface area contributed by atoms with Gasteiger partial charge >= 0.3 is 6.36 Å². The summed E-state index contributed by atoms with van der Waals surface area (Å²) in [6.07, 6.45) is -5.07. The van der Waals surface area contributed by atoms with Crippen molar-refractivity contribution in [2.75, 3.05) is 0 Å². The fraction of sp³-hybridized carbons (Fsp3) is 0.211. The topological polar surface area (TPSA) is 89.3 Å². The van der Waals surface area contributed by atoms with Crippen LogP contribution < -0.4 is 10.1 Å². The Morgan fingerprint density at radius 2 is 1.94 bits per heavy atom. The molecule has 0 saturated heterocycles. The monoisotopic (exact) mass is 442 g/mol. The highest BCUT2D eigenvalue weighted by atomic mass is 19.4. The lowest BCUT2D eigenvalue weighted by Crippen LogP contribution is -2.21. The SMILES string of the molecule is O=C(/C=C/C(F)F)NCc1nn(-c2ccc(OC(F)(F)F)cc2)c2nccc(CO)c12. The van der Waals surface area contributed by atoms with E-state index in [0.29, 0.717) is 28.8 Å². The summed E-state index contributed by atoms with van der Waals surface area (Å²) in [6, 6.07) is 6.39. The second-order valence-electron chi connectivity index (χ2n) is 6.14. The third-order valence-electron chi connectivity index (χ3n) is 4.04. The Balaban J connectivity index is 1.95. The third kappa shape index (κ3) is 5.54. The van der Waals surface area contributed by atoms with E-state index in [0.717, 1.165) is 12.1 Å². The van der Waals surface area contributed by atoms with Crippen LogP contribution in [0.4, 0.5) is 22.0 Å². The lowest BCUT2D eigenvalue weighted by atomic mass is 10.1. The summed E-state index contributed by atoms with van der Waals surface area (Å²) in [4.78, 5) is 15.9. The lowest BCUT2D eigenvalue weighted by molar-refractivity contribution is -0.274. The summed E-state index contributed by atoms with van der Waals surface area (Å²) < 4.78 is 66.6. The van der Waals surface area contributed by atoms with Crippen LogP contribution in [0.25, 0.3) is 16.7 Å². The van der Waals surface area contributed by atoms with Gasteiger partial charge < -0.3 is 15.2 Å². The molecular weight excluding hydrogens is 427 g/mol. The van der Waals surface area contributed by atoms with Gasteiger partial charge in [0.2, 0.25) is 5.91 Å². The van der Waals surface area contributed by atoms with Gasteiger partial charge in [-0.1, -0.05) is 0 Å². The summed E-state index contributed by atoms with van der Waals surface area (Å²) in [6.45, 7) is -0.529. The van der Waals surface area contributed by atoms with Crippen LogP contribution in [0, 0.1) is 0 Å². The van der Waals surface area contributed by atoms with E-state index in [2.05, 4.69) is 20.1 Å². The molecule has 7 nitrogen and oxygen atoms in total. The van der Waals surface area contributed by atoms with E-state index >= 15 is 0 Å². The first-order valence-corrected chi connectivity index (χ1v) is 8.74. The second kappa shape index (κ2) is 9.08. The highest BCUT2D eigenvalue weighted by Gasteiger charge is 2.31. The van der Waals surface area contributed by atoms with Gasteiger partial charge in [-0.05, 0) is 42.0 Å². The Labute approximate surface area is 171 Å². The Bertz CT molecular complexity index is 1090. The van der Waals surface area contributed by atoms with Gasteiger partial charge in [-0.25, -0.2) is 18.4 Å². The number of pyridine rings is 1. The first-order valence-electron chi connectivity index (χ1n) is 8.74. The molecule has 2 aromatic heterocycles. The molecule has 0 aliphatic rings. The minimum absolute atomic E-state index is 0.163. The lowest BCUT2D eigenvalue weighted by Gasteiger charge is -2.09. The fourth-order valence-electron chi connectivity index (χ4n) is 2.80. The molecule has 31 heavy (non-hydrogen) atoms. The van der Waals surface area contributed by atoms with Gasteiger partial charge in [0.1, 0.15) is 5.75 Å². The number of ether oxygens (including phenoxy) is 1. The van der Waals surface area contributed by atoms with E-state index in [-0.39, 0.29) is 24.5 Å². The number of rotatable bonds is 7. The largest absolute Gasteiger partial charge is 0.573 e. The van der Waals surface area contributed by atoms with E-state index in [9.17, 15) is 31.9 Å². The maximum atomic E-state index is 12.4. The van der Waals surface area contributed by atoms with Crippen molar-refractivity contribution in [1.29, 1.82) is 0 Å². The van der Waals surface area contributed by atoms with Crippen LogP contribution in [0.5, 0.6) is 5.75 Å². The van der Waals surface area contributed by atoms with Crippen molar-refractivity contribution in [1.82, 2.24) is 20.1 Å². The number of hydrogen-bond acceptors (Lipinski definition) is 5. The minimum Gasteiger partial charge on any atom is -0.406 e. The fourth-order valence-corrected chi connectivity index (χ4v) is 2.80. The molecule has 0 radical (unpaired) electrons. The van der Waals surface area contributed by atoms with Crippen LogP contribution in [-0.4, -0.2) is 38.6 Å². The third-order valence-corrected chi connectivity index (χ3v) is 4.04. The van der Waals surface area contributed by atoms with Crippen LogP contribution in [0.1, 0.15) is 11.3 Å². The number of hydrogen-bond donors (Lipinski definition) is 2. The number of benzene rings is 1. The minimum atomic E-state index is -4.83. The van der Waals surface area contributed by atoms with E-state index in [1.807, 2.05) is 0 Å². The molecule has 0 atom stereocenters. The molecule has 0 saturated carbocycles. The zero-order chi connectivity index (χ0) is 22.6. The summed E-state index contributed by atoms with van der Waals surface area (Å²) in [5.41, 5.74) is 1.35. The van der Waals surface area contributed by atoms with Crippen molar-refractivity contribution in [2.24, 2.45) is 0 Å². The first-order chi connectivity index (χ1) is 14.7. The standard InChI is InChI=1S/C19H15F5N4O3/c20-15(21)5-6-16(30)26-9-14-17-11(10-29)7-8-25-18(17)28(27-14)12-1-3-13(4-2-12)31-19(22,23)24/h1-8,15,29H,9-10H2,(H,26,30)/b6-5+. The number of allylic oxidation sites excluding steroid dienone is 1. The van der Waals surface area contributed by atoms with Gasteiger partial charge in [0.05, 0.1) is 24.5 Å². The van der Waals surface area contributed by atoms with Crippen LogP contribution in [-0.2, 0) is 17.9 Å². The Morgan fingerprint density at radius 1 is 1.23 bits per heavy atom. The normalized spacial score (nSPS) is 12.1. The number of alkyl halides is 5. The van der Waals surface area contributed by atoms with Crippen LogP contribution >= 0.6 is 0 Å². The number of carbonyl (C=O) groups is 1. The highest BCUT2D eigenvalue weighted by Crippen LogP contribution is 2.27. The zero-order valence-electron chi connectivity index (χ0n) is 15.6. The van der Waals surface area contributed by atoms with Crippen molar-refractivity contribution in [3.63, 3.8) is 0 Å². The molecule has 1 amide bonds. The van der Waals surface area contributed by atoms with Crippen molar-refractivity contribution >= 4 is 16.9 Å². The van der Waals surface area contributed by atoms with Gasteiger partial charge in [0.15, 0.2) is 5.65 Å². The zero-order valence-corrected chi connectivity index (χ0v) is 15.6. The van der Waals surface area contributed by atoms with Crippen LogP contribution in [0.2, 0.25) is 0 Å². The number of nitrogens with zero attached hydrogens (tertiary/aromatic N) is 3. The number of halogens is 5. The Kier molecular flexibility index (Phi) is 6.49. The van der Waals surface area contributed by atoms with Crippen molar-refractivity contribution in [3.05, 3.63) is 59.9 Å². The first kappa shape index (κ1) is 22.2. The summed E-state index contributed by atoms with van der Waals surface area (Å²) >= 11 is 0. The van der Waals surface area contributed by atoms with E-state index in [1.165, 1.54) is 29.1 Å². The maximum absolute atomic E-state index is 12.4. The molecule has 0 fully saturated rings. The Hall–Kier alpha value is -3.54. The molecule has 2 heterocycles. The number of aliphatic hydroxyl groups is 1. The summed E-state index contributed by atoms with van der Waals surface area (Å²) in [5.74, 6) is -1.19. The molecule has 3 rings (SSSR count). The van der Waals surface area contributed by atoms with E-state index in [1.54, 1.807) is 0 Å². The molecule has 0 unspecified atom stereocenters. The number of aliphatic hydroxyl groups excluding tert-OH is 1. The number of aromatic nitrogens is 3. The smallest absolute Gasteiger partial charge is 0.406 e. The van der Waals surface area contributed by atoms with Gasteiger partial charge in [-0.15, -0.1) is 13.2 Å². The number of carbonyl (C=O) groups excluding carboxylic acids is 1. The molecule has 0 bridgehead atoms. The summed E-state index contributed by atoms with van der Waals surface area (Å²) in [5, 5.41) is 16.8. The molecule has 164 valence electrons. The van der Waals surface area contributed by atoms with Crippen molar-refractivity contribution < 1.29 is 36.6 Å². The highest BCUT2D eigenvalue weighted by molar-refractivity contribution is 5.88. The van der Waals surface area contributed by atoms with Crippen LogP contribution in [0.15, 0.2) is 48.7 Å². The predicted octanol–water partition coefficient (Wildman–Crippen LogP) is 3.25. The molecule has 2 N–H and O–H groups in total. The van der Waals surface area contributed by atoms with Gasteiger partial charge in [-0.3, -0.25) is 4.79 Å². The molecule has 0 spiro atoms. The molecule has 1 aromatic carbocycles. The quantitative estimate of drug-likeness (QED) is 0.433. The maximum Gasteiger partial charge on any atom is 0.573 e. The molecular formula is C19H15F5N4O3. The van der Waals surface area contributed by atoms with Crippen LogP contribution in [0.3, 0.4) is 0 Å². The number of nitrogens with one attached hydrogen (secondary N) is 1. The van der Waals surface area contributed by atoms with Gasteiger partial charge in [-0.2, -0.15) is 5.10 Å². The van der Waals surface area contributed by atoms with E-state index in [4.69, 9.17) is 0 Å². The van der Waals surface area contributed by atoms with E-state index < -0.39 is 24.4 Å². The molecule has 12 heteroatoms. The molecule has 0 aliphatic carbocycles. The average Bonchev–Trinajstić information content (AvgIpc) is 3.09. The van der Waals surface area contributed by atoms with Crippen molar-refractivity contribution in [2.45, 2.75) is 25.9 Å². The molecule has 3 aromatic rings. The van der Waals surface area contributed by atoms with Gasteiger partial charge in [0, 0.05) is 17.7 Å². The summed E-state index contributed by atoms with van der Waals surface area (Å²) in [7, 11) is 0. The second-order valence-corrected chi connectivity index (χ2v) is 6.14. The van der Waals surface area contributed by atoms with Gasteiger partial charge in [0.25, 0.3) is 6.43 Å². The number of fused-ring (bicyclic) bond motifs is 1. The predicted molar refractivity (Wildman–Crippen MR) is 98.5 cm³/mol. The number of amides is 1. The average molecular weight is 442 g/mol. The molecule has 0 aliphatic heterocycles. The van der Waals surface area contributed by atoms with Crippen molar-refractivity contribution in [3.8, 4) is 11.4 Å². The Morgan fingerprint density at radius 3 is 2.55 bits per heavy atom.